The van der Waals surface area contributed by atoms with Gasteiger partial charge in [0.15, 0.2) is 5.75 Å². The van der Waals surface area contributed by atoms with Crippen LogP contribution in [0.15, 0.2) is 55.4 Å². The van der Waals surface area contributed by atoms with Crippen LogP contribution in [0.25, 0.3) is 10.9 Å². The van der Waals surface area contributed by atoms with E-state index in [9.17, 15) is 4.79 Å². The third kappa shape index (κ3) is 3.31. The van der Waals surface area contributed by atoms with Crippen molar-refractivity contribution in [2.75, 3.05) is 23.4 Å². The Morgan fingerprint density at radius 1 is 1.28 bits per heavy atom. The number of carbonyl (C=O) groups excluding carboxylic acids is 1. The van der Waals surface area contributed by atoms with Crippen molar-refractivity contribution in [3.05, 3.63) is 66.5 Å². The van der Waals surface area contributed by atoms with Crippen molar-refractivity contribution in [1.29, 1.82) is 0 Å². The Morgan fingerprint density at radius 3 is 3.00 bits per heavy atom. The first-order valence-electron chi connectivity index (χ1n) is 9.92. The zero-order valence-corrected chi connectivity index (χ0v) is 16.1. The molecule has 1 aromatic heterocycles. The van der Waals surface area contributed by atoms with Gasteiger partial charge in [-0.1, -0.05) is 30.8 Å². The van der Waals surface area contributed by atoms with E-state index < -0.39 is 0 Å². The number of anilines is 2. The lowest BCUT2D eigenvalue weighted by molar-refractivity contribution is -0.114. The van der Waals surface area contributed by atoms with Crippen molar-refractivity contribution < 1.29 is 9.53 Å². The number of aromatic nitrogens is 2. The molecule has 0 bridgehead atoms. The number of ether oxygens (including phenoxy) is 1. The molecular formula is C23H22N4O2. The zero-order valence-electron chi connectivity index (χ0n) is 16.1. The van der Waals surface area contributed by atoms with E-state index in [1.165, 1.54) is 30.0 Å². The molecule has 2 aliphatic rings. The predicted molar refractivity (Wildman–Crippen MR) is 113 cm³/mol. The van der Waals surface area contributed by atoms with Gasteiger partial charge in [-0.15, -0.1) is 0 Å². The number of amides is 1. The van der Waals surface area contributed by atoms with Gasteiger partial charge in [-0.25, -0.2) is 9.97 Å². The van der Waals surface area contributed by atoms with E-state index in [2.05, 4.69) is 46.1 Å². The SMILES string of the molecule is C=CC(=O)N1CCOc2c1ccc1ncnc(NCc3cccc(C4CC4)c3)c21. The standard InChI is InChI=1S/C23H22N4O2/c1-2-20(28)27-10-11-29-22-19(27)9-8-18-21(22)23(26-14-25-18)24-13-15-4-3-5-17(12-15)16-6-7-16/h2-5,8-9,12,14,16H,1,6-7,10-11,13H2,(H,24,25,26). The summed E-state index contributed by atoms with van der Waals surface area (Å²) < 4.78 is 5.97. The molecule has 1 saturated carbocycles. The molecule has 2 heterocycles. The maximum absolute atomic E-state index is 12.3. The van der Waals surface area contributed by atoms with E-state index >= 15 is 0 Å². The van der Waals surface area contributed by atoms with Crippen molar-refractivity contribution in [3.8, 4) is 5.75 Å². The highest BCUT2D eigenvalue weighted by molar-refractivity contribution is 6.07. The molecule has 1 aliphatic heterocycles. The second kappa shape index (κ2) is 7.20. The van der Waals surface area contributed by atoms with Crippen LogP contribution in [0.5, 0.6) is 5.75 Å². The maximum Gasteiger partial charge on any atom is 0.250 e. The molecule has 1 N–H and O–H groups in total. The molecule has 0 saturated heterocycles. The molecule has 146 valence electrons. The Labute approximate surface area is 169 Å². The minimum absolute atomic E-state index is 0.142. The molecule has 1 amide bonds. The fourth-order valence-electron chi connectivity index (χ4n) is 3.86. The average molecular weight is 386 g/mol. The summed E-state index contributed by atoms with van der Waals surface area (Å²) in [7, 11) is 0. The molecule has 1 aliphatic carbocycles. The fourth-order valence-corrected chi connectivity index (χ4v) is 3.86. The highest BCUT2D eigenvalue weighted by Crippen LogP contribution is 2.41. The van der Waals surface area contributed by atoms with E-state index in [0.717, 1.165) is 22.5 Å². The maximum atomic E-state index is 12.3. The summed E-state index contributed by atoms with van der Waals surface area (Å²) in [5, 5.41) is 4.24. The predicted octanol–water partition coefficient (Wildman–Crippen LogP) is 4.03. The van der Waals surface area contributed by atoms with Crippen LogP contribution >= 0.6 is 0 Å². The van der Waals surface area contributed by atoms with Crippen LogP contribution in [0.3, 0.4) is 0 Å². The van der Waals surface area contributed by atoms with Gasteiger partial charge in [-0.05, 0) is 48.1 Å². The number of nitrogens with one attached hydrogen (secondary N) is 1. The van der Waals surface area contributed by atoms with Gasteiger partial charge in [0.1, 0.15) is 18.8 Å². The lowest BCUT2D eigenvalue weighted by atomic mass is 10.1. The second-order valence-electron chi connectivity index (χ2n) is 7.45. The first-order chi connectivity index (χ1) is 14.2. The van der Waals surface area contributed by atoms with Gasteiger partial charge in [0, 0.05) is 6.54 Å². The van der Waals surface area contributed by atoms with E-state index in [4.69, 9.17) is 4.74 Å². The molecular weight excluding hydrogens is 364 g/mol. The quantitative estimate of drug-likeness (QED) is 0.671. The first-order valence-corrected chi connectivity index (χ1v) is 9.92. The molecule has 6 heteroatoms. The molecule has 0 spiro atoms. The van der Waals surface area contributed by atoms with Gasteiger partial charge >= 0.3 is 0 Å². The average Bonchev–Trinajstić information content (AvgIpc) is 3.62. The number of nitrogens with zero attached hydrogens (tertiary/aromatic N) is 3. The second-order valence-corrected chi connectivity index (χ2v) is 7.45. The van der Waals surface area contributed by atoms with Crippen molar-refractivity contribution in [2.45, 2.75) is 25.3 Å². The highest BCUT2D eigenvalue weighted by Gasteiger charge is 2.26. The summed E-state index contributed by atoms with van der Waals surface area (Å²) in [6.07, 6.45) is 5.45. The monoisotopic (exact) mass is 386 g/mol. The van der Waals surface area contributed by atoms with Gasteiger partial charge in [-0.3, -0.25) is 4.79 Å². The van der Waals surface area contributed by atoms with Crippen LogP contribution in [0.2, 0.25) is 0 Å². The molecule has 3 aromatic rings. The summed E-state index contributed by atoms with van der Waals surface area (Å²) >= 11 is 0. The van der Waals surface area contributed by atoms with Crippen LogP contribution < -0.4 is 15.0 Å². The molecule has 0 unspecified atom stereocenters. The summed E-state index contributed by atoms with van der Waals surface area (Å²) in [6, 6.07) is 12.5. The Hall–Kier alpha value is -3.41. The van der Waals surface area contributed by atoms with Crippen molar-refractivity contribution in [2.24, 2.45) is 0 Å². The number of hydrogen-bond donors (Lipinski definition) is 1. The van der Waals surface area contributed by atoms with E-state index in [1.54, 1.807) is 11.2 Å². The van der Waals surface area contributed by atoms with Crippen molar-refractivity contribution in [3.63, 3.8) is 0 Å². The van der Waals surface area contributed by atoms with Gasteiger partial charge in [0.05, 0.1) is 23.1 Å². The minimum Gasteiger partial charge on any atom is -0.489 e. The molecule has 5 rings (SSSR count). The Kier molecular flexibility index (Phi) is 4.39. The number of fused-ring (bicyclic) bond motifs is 3. The zero-order chi connectivity index (χ0) is 19.8. The molecule has 2 aromatic carbocycles. The topological polar surface area (TPSA) is 67.4 Å². The van der Waals surface area contributed by atoms with Gasteiger partial charge < -0.3 is 15.0 Å². The Bertz CT molecular complexity index is 1110. The smallest absolute Gasteiger partial charge is 0.250 e. The van der Waals surface area contributed by atoms with Gasteiger partial charge in [0.25, 0.3) is 5.91 Å². The van der Waals surface area contributed by atoms with Crippen molar-refractivity contribution in [1.82, 2.24) is 9.97 Å². The third-order valence-electron chi connectivity index (χ3n) is 5.49. The first kappa shape index (κ1) is 17.7. The van der Waals surface area contributed by atoms with Crippen LogP contribution in [-0.4, -0.2) is 29.0 Å². The normalized spacial score (nSPS) is 15.5. The summed E-state index contributed by atoms with van der Waals surface area (Å²) in [5.41, 5.74) is 4.13. The molecule has 29 heavy (non-hydrogen) atoms. The highest BCUT2D eigenvalue weighted by atomic mass is 16.5. The number of hydrogen-bond acceptors (Lipinski definition) is 5. The summed E-state index contributed by atoms with van der Waals surface area (Å²) in [4.78, 5) is 22.8. The molecule has 1 fully saturated rings. The van der Waals surface area contributed by atoms with Gasteiger partial charge in [-0.2, -0.15) is 0 Å². The van der Waals surface area contributed by atoms with Crippen LogP contribution in [-0.2, 0) is 11.3 Å². The third-order valence-corrected chi connectivity index (χ3v) is 5.49. The largest absolute Gasteiger partial charge is 0.489 e. The fraction of sp³-hybridized carbons (Fsp3) is 0.261. The lowest BCUT2D eigenvalue weighted by Gasteiger charge is -2.29. The number of benzene rings is 2. The van der Waals surface area contributed by atoms with E-state index in [1.807, 2.05) is 12.1 Å². The van der Waals surface area contributed by atoms with Crippen molar-refractivity contribution >= 4 is 28.3 Å². The minimum atomic E-state index is -0.142. The van der Waals surface area contributed by atoms with Crippen LogP contribution in [0.1, 0.15) is 29.9 Å². The Balaban J connectivity index is 1.50. The number of carbonyl (C=O) groups is 1. The van der Waals surface area contributed by atoms with E-state index in [0.29, 0.717) is 31.3 Å². The summed E-state index contributed by atoms with van der Waals surface area (Å²) in [5.74, 6) is 1.93. The number of rotatable bonds is 5. The molecule has 6 nitrogen and oxygen atoms in total. The lowest BCUT2D eigenvalue weighted by Crippen LogP contribution is -2.36. The van der Waals surface area contributed by atoms with Gasteiger partial charge in [0.2, 0.25) is 0 Å². The Morgan fingerprint density at radius 2 is 2.17 bits per heavy atom. The molecule has 0 atom stereocenters. The molecule has 0 radical (unpaired) electrons. The van der Waals surface area contributed by atoms with E-state index in [-0.39, 0.29) is 5.91 Å². The van der Waals surface area contributed by atoms with Crippen LogP contribution in [0.4, 0.5) is 11.5 Å². The summed E-state index contributed by atoms with van der Waals surface area (Å²) in [6.45, 7) is 5.18. The van der Waals surface area contributed by atoms with Crippen LogP contribution in [0, 0.1) is 0 Å².